The lowest BCUT2D eigenvalue weighted by atomic mass is 9.87. The standard InChI is InChI=1S/C15H23NO3/c1-2-16-15-5-3-4-11-8-13(6-7-14(11)15)19-10-12(18)9-17/h6-8,12,15-18H,2-5,9-10H2,1H3. The van der Waals surface area contributed by atoms with Gasteiger partial charge in [-0.15, -0.1) is 0 Å². The van der Waals surface area contributed by atoms with Gasteiger partial charge in [0.1, 0.15) is 18.5 Å². The van der Waals surface area contributed by atoms with Crippen LogP contribution in [0, 0.1) is 0 Å². The quantitative estimate of drug-likeness (QED) is 0.728. The lowest BCUT2D eigenvalue weighted by Gasteiger charge is -2.26. The van der Waals surface area contributed by atoms with Crippen LogP contribution in [0.2, 0.25) is 0 Å². The molecule has 4 nitrogen and oxygen atoms in total. The van der Waals surface area contributed by atoms with Crippen molar-refractivity contribution < 1.29 is 14.9 Å². The summed E-state index contributed by atoms with van der Waals surface area (Å²) in [5.74, 6) is 0.767. The van der Waals surface area contributed by atoms with Gasteiger partial charge in [0.15, 0.2) is 0 Å². The Morgan fingerprint density at radius 2 is 2.32 bits per heavy atom. The summed E-state index contributed by atoms with van der Waals surface area (Å²) >= 11 is 0. The van der Waals surface area contributed by atoms with Crippen molar-refractivity contribution in [2.75, 3.05) is 19.8 Å². The van der Waals surface area contributed by atoms with Crippen molar-refractivity contribution in [2.24, 2.45) is 0 Å². The van der Waals surface area contributed by atoms with Gasteiger partial charge in [-0.2, -0.15) is 0 Å². The molecule has 2 atom stereocenters. The number of aliphatic hydroxyl groups is 2. The molecule has 0 radical (unpaired) electrons. The molecule has 1 aliphatic carbocycles. The molecule has 1 aromatic rings. The molecular weight excluding hydrogens is 242 g/mol. The maximum absolute atomic E-state index is 9.28. The predicted octanol–water partition coefficient (Wildman–Crippen LogP) is 1.41. The number of aliphatic hydroxyl groups excluding tert-OH is 2. The zero-order valence-corrected chi connectivity index (χ0v) is 11.4. The minimum atomic E-state index is -0.814. The van der Waals surface area contributed by atoms with Gasteiger partial charge in [-0.3, -0.25) is 0 Å². The molecule has 0 aliphatic heterocycles. The first-order chi connectivity index (χ1) is 9.24. The largest absolute Gasteiger partial charge is 0.491 e. The van der Waals surface area contributed by atoms with Gasteiger partial charge in [0.2, 0.25) is 0 Å². The second-order valence-electron chi connectivity index (χ2n) is 5.01. The van der Waals surface area contributed by atoms with E-state index in [1.165, 1.54) is 24.0 Å². The number of ether oxygens (including phenoxy) is 1. The van der Waals surface area contributed by atoms with Gasteiger partial charge >= 0.3 is 0 Å². The second-order valence-corrected chi connectivity index (χ2v) is 5.01. The van der Waals surface area contributed by atoms with E-state index in [0.717, 1.165) is 18.7 Å². The monoisotopic (exact) mass is 265 g/mol. The third kappa shape index (κ3) is 3.69. The highest BCUT2D eigenvalue weighted by Crippen LogP contribution is 2.32. The highest BCUT2D eigenvalue weighted by atomic mass is 16.5. The Labute approximate surface area is 114 Å². The maximum Gasteiger partial charge on any atom is 0.119 e. The summed E-state index contributed by atoms with van der Waals surface area (Å²) in [5, 5.41) is 21.6. The SMILES string of the molecule is CCNC1CCCc2cc(OCC(O)CO)ccc21. The maximum atomic E-state index is 9.28. The van der Waals surface area contributed by atoms with E-state index >= 15 is 0 Å². The van der Waals surface area contributed by atoms with Gasteiger partial charge in [0.05, 0.1) is 6.61 Å². The molecule has 4 heteroatoms. The third-order valence-electron chi connectivity index (χ3n) is 3.53. The van der Waals surface area contributed by atoms with E-state index in [1.54, 1.807) is 0 Å². The molecule has 19 heavy (non-hydrogen) atoms. The van der Waals surface area contributed by atoms with Crippen LogP contribution in [0.25, 0.3) is 0 Å². The molecule has 0 saturated heterocycles. The predicted molar refractivity (Wildman–Crippen MR) is 74.4 cm³/mol. The van der Waals surface area contributed by atoms with Crippen LogP contribution in [0.1, 0.15) is 36.9 Å². The molecule has 106 valence electrons. The van der Waals surface area contributed by atoms with Crippen LogP contribution in [-0.2, 0) is 6.42 Å². The highest BCUT2D eigenvalue weighted by Gasteiger charge is 2.19. The number of benzene rings is 1. The van der Waals surface area contributed by atoms with Gasteiger partial charge < -0.3 is 20.3 Å². The molecule has 0 aromatic heterocycles. The first kappa shape index (κ1) is 14.3. The van der Waals surface area contributed by atoms with Crippen molar-refractivity contribution in [3.05, 3.63) is 29.3 Å². The summed E-state index contributed by atoms with van der Waals surface area (Å²) in [6, 6.07) is 6.56. The van der Waals surface area contributed by atoms with Crippen LogP contribution >= 0.6 is 0 Å². The van der Waals surface area contributed by atoms with Crippen molar-refractivity contribution in [3.63, 3.8) is 0 Å². The second kappa shape index (κ2) is 6.89. The summed E-state index contributed by atoms with van der Waals surface area (Å²) in [5.41, 5.74) is 2.69. The number of hydrogen-bond donors (Lipinski definition) is 3. The fourth-order valence-electron chi connectivity index (χ4n) is 2.58. The zero-order chi connectivity index (χ0) is 13.7. The summed E-state index contributed by atoms with van der Waals surface area (Å²) < 4.78 is 5.49. The molecule has 0 spiro atoms. The Kier molecular flexibility index (Phi) is 5.19. The lowest BCUT2D eigenvalue weighted by Crippen LogP contribution is -2.25. The van der Waals surface area contributed by atoms with Gasteiger partial charge in [0, 0.05) is 6.04 Å². The highest BCUT2D eigenvalue weighted by molar-refractivity contribution is 5.39. The summed E-state index contributed by atoms with van der Waals surface area (Å²) in [7, 11) is 0. The Morgan fingerprint density at radius 1 is 1.47 bits per heavy atom. The zero-order valence-electron chi connectivity index (χ0n) is 11.4. The van der Waals surface area contributed by atoms with Crippen molar-refractivity contribution in [2.45, 2.75) is 38.3 Å². The van der Waals surface area contributed by atoms with E-state index in [4.69, 9.17) is 9.84 Å². The van der Waals surface area contributed by atoms with Crippen LogP contribution in [-0.4, -0.2) is 36.1 Å². The molecule has 1 aliphatic rings. The molecule has 2 rings (SSSR count). The molecule has 2 unspecified atom stereocenters. The number of rotatable bonds is 6. The van der Waals surface area contributed by atoms with Crippen LogP contribution < -0.4 is 10.1 Å². The van der Waals surface area contributed by atoms with E-state index in [0.29, 0.717) is 6.04 Å². The van der Waals surface area contributed by atoms with Gasteiger partial charge in [-0.05, 0) is 49.1 Å². The van der Waals surface area contributed by atoms with E-state index in [1.807, 2.05) is 6.07 Å². The van der Waals surface area contributed by atoms with Gasteiger partial charge in [-0.1, -0.05) is 13.0 Å². The fourth-order valence-corrected chi connectivity index (χ4v) is 2.58. The minimum absolute atomic E-state index is 0.131. The topological polar surface area (TPSA) is 61.7 Å². The Hall–Kier alpha value is -1.10. The number of aryl methyl sites for hydroxylation is 1. The van der Waals surface area contributed by atoms with Crippen molar-refractivity contribution >= 4 is 0 Å². The van der Waals surface area contributed by atoms with E-state index in [9.17, 15) is 5.11 Å². The number of fused-ring (bicyclic) bond motifs is 1. The summed E-state index contributed by atoms with van der Waals surface area (Å²) in [6.45, 7) is 2.96. The van der Waals surface area contributed by atoms with Crippen molar-refractivity contribution in [1.29, 1.82) is 0 Å². The van der Waals surface area contributed by atoms with Gasteiger partial charge in [0.25, 0.3) is 0 Å². The number of nitrogens with one attached hydrogen (secondary N) is 1. The molecule has 1 aromatic carbocycles. The number of hydrogen-bond acceptors (Lipinski definition) is 4. The third-order valence-corrected chi connectivity index (χ3v) is 3.53. The first-order valence-corrected chi connectivity index (χ1v) is 7.02. The molecule has 0 heterocycles. The molecule has 0 amide bonds. The van der Waals surface area contributed by atoms with Crippen molar-refractivity contribution in [1.82, 2.24) is 5.32 Å². The summed E-state index contributed by atoms with van der Waals surface area (Å²) in [4.78, 5) is 0. The van der Waals surface area contributed by atoms with E-state index < -0.39 is 6.10 Å². The molecule has 0 bridgehead atoms. The summed E-state index contributed by atoms with van der Waals surface area (Å²) in [6.07, 6.45) is 2.64. The lowest BCUT2D eigenvalue weighted by molar-refractivity contribution is 0.0535. The molecule has 3 N–H and O–H groups in total. The normalized spacial score (nSPS) is 19.8. The van der Waals surface area contributed by atoms with Crippen molar-refractivity contribution in [3.8, 4) is 5.75 Å². The van der Waals surface area contributed by atoms with E-state index in [-0.39, 0.29) is 13.2 Å². The van der Waals surface area contributed by atoms with Crippen LogP contribution in [0.15, 0.2) is 18.2 Å². The smallest absolute Gasteiger partial charge is 0.119 e. The Balaban J connectivity index is 2.06. The fraction of sp³-hybridized carbons (Fsp3) is 0.600. The van der Waals surface area contributed by atoms with E-state index in [2.05, 4.69) is 24.4 Å². The van der Waals surface area contributed by atoms with Crippen LogP contribution in [0.3, 0.4) is 0 Å². The first-order valence-electron chi connectivity index (χ1n) is 7.02. The van der Waals surface area contributed by atoms with Crippen LogP contribution in [0.5, 0.6) is 5.75 Å². The van der Waals surface area contributed by atoms with Gasteiger partial charge in [-0.25, -0.2) is 0 Å². The average Bonchev–Trinajstić information content (AvgIpc) is 2.45. The molecule has 0 saturated carbocycles. The molecule has 0 fully saturated rings. The minimum Gasteiger partial charge on any atom is -0.491 e. The van der Waals surface area contributed by atoms with Crippen LogP contribution in [0.4, 0.5) is 0 Å². The molecular formula is C15H23NO3. The average molecular weight is 265 g/mol. The Morgan fingerprint density at radius 3 is 3.05 bits per heavy atom. The Bertz CT molecular complexity index is 408.